The number of hydrogen-bond donors (Lipinski definition) is 3. The first kappa shape index (κ1) is 19.0. The zero-order valence-corrected chi connectivity index (χ0v) is 15.2. The van der Waals surface area contributed by atoms with Crippen LogP contribution >= 0.6 is 0 Å². The molecule has 2 aromatic heterocycles. The van der Waals surface area contributed by atoms with E-state index in [0.717, 1.165) is 31.4 Å². The zero-order valence-electron chi connectivity index (χ0n) is 15.2. The Balaban J connectivity index is 1.71. The van der Waals surface area contributed by atoms with E-state index < -0.39 is 4.92 Å². The molecule has 1 fully saturated rings. The van der Waals surface area contributed by atoms with Gasteiger partial charge in [0.25, 0.3) is 0 Å². The summed E-state index contributed by atoms with van der Waals surface area (Å²) in [6.07, 6.45) is 6.73. The van der Waals surface area contributed by atoms with E-state index in [2.05, 4.69) is 20.3 Å². The molecule has 0 spiro atoms. The molecule has 0 aliphatic heterocycles. The van der Waals surface area contributed by atoms with E-state index in [-0.39, 0.29) is 17.5 Å². The molecule has 0 bridgehead atoms. The van der Waals surface area contributed by atoms with Crippen LogP contribution in [0.15, 0.2) is 24.4 Å². The van der Waals surface area contributed by atoms with E-state index in [0.29, 0.717) is 36.9 Å². The Morgan fingerprint density at radius 1 is 1.22 bits per heavy atom. The number of nitro groups is 1. The topological polar surface area (TPSA) is 146 Å². The highest BCUT2D eigenvalue weighted by molar-refractivity contribution is 5.58. The Labute approximate surface area is 157 Å². The number of anilines is 2. The quantitative estimate of drug-likeness (QED) is 0.495. The van der Waals surface area contributed by atoms with Crippen molar-refractivity contribution in [2.45, 2.75) is 44.6 Å². The lowest BCUT2D eigenvalue weighted by molar-refractivity contribution is -0.385. The summed E-state index contributed by atoms with van der Waals surface area (Å²) in [5, 5.41) is 14.5. The van der Waals surface area contributed by atoms with Crippen LogP contribution in [-0.4, -0.2) is 32.5 Å². The Hall–Kier alpha value is -2.81. The average molecular weight is 371 g/mol. The fourth-order valence-corrected chi connectivity index (χ4v) is 3.46. The van der Waals surface area contributed by atoms with Crippen molar-refractivity contribution in [3.05, 3.63) is 45.9 Å². The number of nitrogen functional groups attached to an aromatic ring is 1. The molecule has 9 heteroatoms. The van der Waals surface area contributed by atoms with Crippen LogP contribution in [-0.2, 0) is 12.8 Å². The molecular formula is C18H25N7O2. The molecule has 3 rings (SSSR count). The Kier molecular flexibility index (Phi) is 6.12. The Bertz CT molecular complexity index is 777. The summed E-state index contributed by atoms with van der Waals surface area (Å²) < 4.78 is 0. The average Bonchev–Trinajstić information content (AvgIpc) is 2.64. The minimum atomic E-state index is -0.489. The van der Waals surface area contributed by atoms with Gasteiger partial charge in [-0.05, 0) is 50.2 Å². The lowest BCUT2D eigenvalue weighted by atomic mass is 9.83. The molecule has 0 unspecified atom stereocenters. The van der Waals surface area contributed by atoms with Gasteiger partial charge < -0.3 is 16.8 Å². The first-order chi connectivity index (χ1) is 13.0. The molecule has 9 nitrogen and oxygen atoms in total. The number of nitrogens with one attached hydrogen (secondary N) is 1. The van der Waals surface area contributed by atoms with E-state index in [1.807, 2.05) is 18.2 Å². The lowest BCUT2D eigenvalue weighted by Crippen LogP contribution is -2.27. The fraction of sp³-hybridized carbons (Fsp3) is 0.500. The van der Waals surface area contributed by atoms with Gasteiger partial charge in [0.15, 0.2) is 0 Å². The maximum Gasteiger partial charge on any atom is 0.332 e. The Morgan fingerprint density at radius 3 is 2.67 bits per heavy atom. The number of nitrogens with zero attached hydrogens (tertiary/aromatic N) is 4. The summed E-state index contributed by atoms with van der Waals surface area (Å²) in [5.41, 5.74) is 13.0. The summed E-state index contributed by atoms with van der Waals surface area (Å²) in [6.45, 7) is 0.561. The highest BCUT2D eigenvalue weighted by atomic mass is 16.6. The molecular weight excluding hydrogens is 346 g/mol. The SMILES string of the molecule is Nc1nc(NCCc2ccccn2)nc(CC2CCC(N)CC2)c1[N+](=O)[O-]. The van der Waals surface area contributed by atoms with Gasteiger partial charge in [-0.2, -0.15) is 4.98 Å². The first-order valence-electron chi connectivity index (χ1n) is 9.23. The fourth-order valence-electron chi connectivity index (χ4n) is 3.46. The molecule has 0 aromatic carbocycles. The van der Waals surface area contributed by atoms with E-state index >= 15 is 0 Å². The summed E-state index contributed by atoms with van der Waals surface area (Å²) in [4.78, 5) is 23.7. The normalized spacial score (nSPS) is 19.6. The molecule has 0 saturated heterocycles. The van der Waals surface area contributed by atoms with E-state index in [4.69, 9.17) is 11.5 Å². The molecule has 5 N–H and O–H groups in total. The largest absolute Gasteiger partial charge is 0.378 e. The van der Waals surface area contributed by atoms with Crippen molar-refractivity contribution >= 4 is 17.5 Å². The van der Waals surface area contributed by atoms with Crippen LogP contribution in [0.3, 0.4) is 0 Å². The van der Waals surface area contributed by atoms with Crippen LogP contribution in [0.2, 0.25) is 0 Å². The second-order valence-electron chi connectivity index (χ2n) is 6.97. The van der Waals surface area contributed by atoms with Gasteiger partial charge in [0.2, 0.25) is 11.8 Å². The molecule has 0 radical (unpaired) electrons. The van der Waals surface area contributed by atoms with Gasteiger partial charge >= 0.3 is 5.69 Å². The van der Waals surface area contributed by atoms with Gasteiger partial charge in [-0.15, -0.1) is 0 Å². The van der Waals surface area contributed by atoms with E-state index in [1.54, 1.807) is 6.20 Å². The molecule has 144 valence electrons. The standard InChI is InChI=1S/C18H25N7O2/c19-13-6-4-12(5-7-13)11-15-16(25(26)27)17(20)24-18(23-15)22-10-8-14-3-1-2-9-21-14/h1-3,9,12-13H,4-8,10-11,19H2,(H3,20,22,23,24). The van der Waals surface area contributed by atoms with Gasteiger partial charge in [0, 0.05) is 30.9 Å². The number of aromatic nitrogens is 3. The summed E-state index contributed by atoms with van der Waals surface area (Å²) >= 11 is 0. The monoisotopic (exact) mass is 371 g/mol. The van der Waals surface area contributed by atoms with Crippen LogP contribution in [0.25, 0.3) is 0 Å². The maximum absolute atomic E-state index is 11.4. The second kappa shape index (κ2) is 8.72. The lowest BCUT2D eigenvalue weighted by Gasteiger charge is -2.25. The molecule has 1 aliphatic rings. The number of hydrogen-bond acceptors (Lipinski definition) is 8. The van der Waals surface area contributed by atoms with Gasteiger partial charge in [-0.25, -0.2) is 4.98 Å². The highest BCUT2D eigenvalue weighted by Gasteiger charge is 2.27. The number of nitrogens with two attached hydrogens (primary N) is 2. The summed E-state index contributed by atoms with van der Waals surface area (Å²) in [6, 6.07) is 5.96. The van der Waals surface area contributed by atoms with Crippen molar-refractivity contribution < 1.29 is 4.92 Å². The van der Waals surface area contributed by atoms with Crippen LogP contribution in [0, 0.1) is 16.0 Å². The summed E-state index contributed by atoms with van der Waals surface area (Å²) in [7, 11) is 0. The maximum atomic E-state index is 11.4. The number of rotatable bonds is 7. The molecule has 1 saturated carbocycles. The predicted molar refractivity (Wildman–Crippen MR) is 103 cm³/mol. The molecule has 2 heterocycles. The molecule has 0 atom stereocenters. The van der Waals surface area contributed by atoms with Crippen LogP contribution < -0.4 is 16.8 Å². The van der Waals surface area contributed by atoms with E-state index in [1.165, 1.54) is 0 Å². The van der Waals surface area contributed by atoms with Crippen molar-refractivity contribution in [3.63, 3.8) is 0 Å². The van der Waals surface area contributed by atoms with Crippen molar-refractivity contribution in [1.29, 1.82) is 0 Å². The van der Waals surface area contributed by atoms with Crippen molar-refractivity contribution in [2.75, 3.05) is 17.6 Å². The minimum absolute atomic E-state index is 0.0992. The Morgan fingerprint density at radius 2 is 2.00 bits per heavy atom. The smallest absolute Gasteiger partial charge is 0.332 e. The number of pyridine rings is 1. The second-order valence-corrected chi connectivity index (χ2v) is 6.97. The van der Waals surface area contributed by atoms with E-state index in [9.17, 15) is 10.1 Å². The predicted octanol–water partition coefficient (Wildman–Crippen LogP) is 2.08. The van der Waals surface area contributed by atoms with Gasteiger partial charge in [0.1, 0.15) is 5.69 Å². The van der Waals surface area contributed by atoms with Crippen LogP contribution in [0.5, 0.6) is 0 Å². The van der Waals surface area contributed by atoms with Crippen molar-refractivity contribution in [2.24, 2.45) is 11.7 Å². The van der Waals surface area contributed by atoms with Gasteiger partial charge in [-0.1, -0.05) is 6.07 Å². The third-order valence-electron chi connectivity index (χ3n) is 4.93. The third-order valence-corrected chi connectivity index (χ3v) is 4.93. The van der Waals surface area contributed by atoms with Crippen molar-refractivity contribution in [1.82, 2.24) is 15.0 Å². The highest BCUT2D eigenvalue weighted by Crippen LogP contribution is 2.31. The van der Waals surface area contributed by atoms with Gasteiger partial charge in [-0.3, -0.25) is 15.1 Å². The molecule has 27 heavy (non-hydrogen) atoms. The van der Waals surface area contributed by atoms with Gasteiger partial charge in [0.05, 0.1) is 4.92 Å². The van der Waals surface area contributed by atoms with Crippen LogP contribution in [0.1, 0.15) is 37.1 Å². The third kappa shape index (κ3) is 5.10. The minimum Gasteiger partial charge on any atom is -0.378 e. The van der Waals surface area contributed by atoms with Crippen LogP contribution in [0.4, 0.5) is 17.5 Å². The zero-order chi connectivity index (χ0) is 19.2. The van der Waals surface area contributed by atoms with Crippen molar-refractivity contribution in [3.8, 4) is 0 Å². The molecule has 0 amide bonds. The summed E-state index contributed by atoms with van der Waals surface area (Å²) in [5.74, 6) is 0.550. The first-order valence-corrected chi connectivity index (χ1v) is 9.23. The molecule has 1 aliphatic carbocycles. The molecule has 2 aromatic rings.